The average molecular weight is 328 g/mol. The van der Waals surface area contributed by atoms with Gasteiger partial charge in [-0.1, -0.05) is 12.1 Å². The molecule has 7 heteroatoms. The number of aromatic nitrogens is 1. The van der Waals surface area contributed by atoms with Crippen LogP contribution in [0.15, 0.2) is 36.4 Å². The Balaban J connectivity index is 1.83. The lowest BCUT2D eigenvalue weighted by molar-refractivity contribution is -0.141. The lowest BCUT2D eigenvalue weighted by Gasteiger charge is -2.19. The van der Waals surface area contributed by atoms with Gasteiger partial charge in [0.15, 0.2) is 0 Å². The molecule has 1 aromatic heterocycles. The molecule has 1 unspecified atom stereocenters. The first-order valence-electron chi connectivity index (χ1n) is 7.09. The largest absolute Gasteiger partial charge is 0.433 e. The van der Waals surface area contributed by atoms with E-state index in [1.165, 1.54) is 30.3 Å². The first-order chi connectivity index (χ1) is 10.9. The second kappa shape index (κ2) is 5.79. The number of rotatable bonds is 2. The fourth-order valence-corrected chi connectivity index (χ4v) is 2.86. The molecule has 2 aromatic rings. The van der Waals surface area contributed by atoms with Gasteiger partial charge in [-0.2, -0.15) is 13.2 Å². The zero-order valence-electron chi connectivity index (χ0n) is 11.9. The number of anilines is 1. The highest BCUT2D eigenvalue weighted by atomic mass is 19.4. The van der Waals surface area contributed by atoms with Crippen molar-refractivity contribution < 1.29 is 22.0 Å². The van der Waals surface area contributed by atoms with Crippen LogP contribution in [0.25, 0.3) is 0 Å². The maximum absolute atomic E-state index is 13.8. The molecule has 0 saturated carbocycles. The maximum Gasteiger partial charge on any atom is 0.433 e. The third-order valence-corrected chi connectivity index (χ3v) is 3.95. The predicted octanol–water partition coefficient (Wildman–Crippen LogP) is 4.37. The summed E-state index contributed by atoms with van der Waals surface area (Å²) >= 11 is 0. The van der Waals surface area contributed by atoms with E-state index in [0.29, 0.717) is 13.0 Å². The number of halogens is 5. The fourth-order valence-electron chi connectivity index (χ4n) is 2.86. The Morgan fingerprint density at radius 3 is 2.30 bits per heavy atom. The van der Waals surface area contributed by atoms with Gasteiger partial charge in [0.25, 0.3) is 0 Å². The summed E-state index contributed by atoms with van der Waals surface area (Å²) < 4.78 is 65.8. The van der Waals surface area contributed by atoms with Crippen LogP contribution in [0.4, 0.5) is 27.8 Å². The summed E-state index contributed by atoms with van der Waals surface area (Å²) in [6.45, 7) is 0.624. The number of alkyl halides is 3. The third kappa shape index (κ3) is 3.13. The molecular formula is C16H13F5N2. The van der Waals surface area contributed by atoms with E-state index in [-0.39, 0.29) is 17.9 Å². The van der Waals surface area contributed by atoms with Gasteiger partial charge in [0, 0.05) is 24.6 Å². The van der Waals surface area contributed by atoms with Gasteiger partial charge in [-0.25, -0.2) is 13.8 Å². The number of benzene rings is 1. The van der Waals surface area contributed by atoms with Crippen LogP contribution in [-0.4, -0.2) is 18.1 Å². The van der Waals surface area contributed by atoms with Crippen LogP contribution < -0.4 is 4.90 Å². The SMILES string of the molecule is Fc1cccc(F)c1C1CCN(c2cccc(C(F)(F)F)n2)C1. The van der Waals surface area contributed by atoms with E-state index in [1.54, 1.807) is 4.90 Å². The molecule has 0 aliphatic carbocycles. The summed E-state index contributed by atoms with van der Waals surface area (Å²) in [6.07, 6.45) is -4.07. The molecule has 23 heavy (non-hydrogen) atoms. The summed E-state index contributed by atoms with van der Waals surface area (Å²) in [7, 11) is 0. The monoisotopic (exact) mass is 328 g/mol. The molecule has 1 aromatic carbocycles. The minimum atomic E-state index is -4.52. The van der Waals surface area contributed by atoms with Crippen LogP contribution in [0.2, 0.25) is 0 Å². The molecule has 0 spiro atoms. The second-order valence-corrected chi connectivity index (χ2v) is 5.45. The van der Waals surface area contributed by atoms with Crippen molar-refractivity contribution in [2.75, 3.05) is 18.0 Å². The predicted molar refractivity (Wildman–Crippen MR) is 75.2 cm³/mol. The Morgan fingerprint density at radius 1 is 1.00 bits per heavy atom. The van der Waals surface area contributed by atoms with Gasteiger partial charge in [-0.3, -0.25) is 0 Å². The zero-order chi connectivity index (χ0) is 16.6. The highest BCUT2D eigenvalue weighted by molar-refractivity contribution is 5.43. The smallest absolute Gasteiger partial charge is 0.356 e. The number of pyridine rings is 1. The van der Waals surface area contributed by atoms with Crippen molar-refractivity contribution in [1.29, 1.82) is 0 Å². The van der Waals surface area contributed by atoms with Crippen molar-refractivity contribution >= 4 is 5.82 Å². The number of hydrogen-bond donors (Lipinski definition) is 0. The minimum absolute atomic E-state index is 0.0121. The van der Waals surface area contributed by atoms with E-state index in [0.717, 1.165) is 6.07 Å². The highest BCUT2D eigenvalue weighted by Gasteiger charge is 2.34. The van der Waals surface area contributed by atoms with Gasteiger partial charge in [0.05, 0.1) is 0 Å². The zero-order valence-corrected chi connectivity index (χ0v) is 11.9. The normalized spacial score (nSPS) is 18.5. The lowest BCUT2D eigenvalue weighted by atomic mass is 9.97. The highest BCUT2D eigenvalue weighted by Crippen LogP contribution is 2.34. The van der Waals surface area contributed by atoms with E-state index >= 15 is 0 Å². The molecule has 2 heterocycles. The lowest BCUT2D eigenvalue weighted by Crippen LogP contribution is -2.22. The van der Waals surface area contributed by atoms with Crippen molar-refractivity contribution in [3.63, 3.8) is 0 Å². The molecular weight excluding hydrogens is 315 g/mol. The molecule has 0 N–H and O–H groups in total. The summed E-state index contributed by atoms with van der Waals surface area (Å²) in [4.78, 5) is 5.23. The van der Waals surface area contributed by atoms with Crippen LogP contribution in [-0.2, 0) is 6.18 Å². The van der Waals surface area contributed by atoms with Crippen LogP contribution in [0.1, 0.15) is 23.6 Å². The maximum atomic E-state index is 13.8. The third-order valence-electron chi connectivity index (χ3n) is 3.95. The molecule has 1 saturated heterocycles. The van der Waals surface area contributed by atoms with E-state index in [9.17, 15) is 22.0 Å². The molecule has 0 bridgehead atoms. The van der Waals surface area contributed by atoms with Gasteiger partial charge < -0.3 is 4.90 Å². The number of nitrogens with zero attached hydrogens (tertiary/aromatic N) is 2. The molecule has 1 aliphatic heterocycles. The first kappa shape index (κ1) is 15.7. The molecule has 2 nitrogen and oxygen atoms in total. The van der Waals surface area contributed by atoms with Gasteiger partial charge in [-0.15, -0.1) is 0 Å². The average Bonchev–Trinajstić information content (AvgIpc) is 2.96. The summed E-state index contributed by atoms with van der Waals surface area (Å²) in [6, 6.07) is 7.30. The Kier molecular flexibility index (Phi) is 3.95. The Bertz CT molecular complexity index is 694. The standard InChI is InChI=1S/C16H13F5N2/c17-11-3-1-4-12(18)15(11)10-7-8-23(9-10)14-6-2-5-13(22-14)16(19,20)21/h1-6,10H,7-9H2. The van der Waals surface area contributed by atoms with Crippen LogP contribution in [0.5, 0.6) is 0 Å². The number of hydrogen-bond acceptors (Lipinski definition) is 2. The minimum Gasteiger partial charge on any atom is -0.356 e. The molecule has 0 radical (unpaired) electrons. The summed E-state index contributed by atoms with van der Waals surface area (Å²) in [5.41, 5.74) is -0.988. The quantitative estimate of drug-likeness (QED) is 0.761. The van der Waals surface area contributed by atoms with Crippen molar-refractivity contribution in [3.05, 3.63) is 59.3 Å². The Labute approximate surface area is 129 Å². The summed E-state index contributed by atoms with van der Waals surface area (Å²) in [5, 5.41) is 0. The second-order valence-electron chi connectivity index (χ2n) is 5.45. The Hall–Kier alpha value is -2.18. The molecule has 3 rings (SSSR count). The molecule has 1 aliphatic rings. The first-order valence-corrected chi connectivity index (χ1v) is 7.09. The van der Waals surface area contributed by atoms with Crippen LogP contribution >= 0.6 is 0 Å². The van der Waals surface area contributed by atoms with Crippen LogP contribution in [0.3, 0.4) is 0 Å². The molecule has 1 fully saturated rings. The van der Waals surface area contributed by atoms with E-state index in [1.807, 2.05) is 0 Å². The molecule has 1 atom stereocenters. The summed E-state index contributed by atoms with van der Waals surface area (Å²) in [5.74, 6) is -1.51. The van der Waals surface area contributed by atoms with Crippen LogP contribution in [0, 0.1) is 11.6 Å². The van der Waals surface area contributed by atoms with Crippen molar-refractivity contribution in [1.82, 2.24) is 4.98 Å². The van der Waals surface area contributed by atoms with Crippen molar-refractivity contribution in [2.24, 2.45) is 0 Å². The van der Waals surface area contributed by atoms with Gasteiger partial charge >= 0.3 is 6.18 Å². The molecule has 122 valence electrons. The Morgan fingerprint density at radius 2 is 1.65 bits per heavy atom. The van der Waals surface area contributed by atoms with Gasteiger partial charge in [-0.05, 0) is 30.7 Å². The van der Waals surface area contributed by atoms with E-state index in [4.69, 9.17) is 0 Å². The van der Waals surface area contributed by atoms with Gasteiger partial charge in [0.2, 0.25) is 0 Å². The van der Waals surface area contributed by atoms with E-state index in [2.05, 4.69) is 4.98 Å². The van der Waals surface area contributed by atoms with Gasteiger partial charge in [0.1, 0.15) is 23.1 Å². The van der Waals surface area contributed by atoms with Crippen molar-refractivity contribution in [2.45, 2.75) is 18.5 Å². The fraction of sp³-hybridized carbons (Fsp3) is 0.312. The van der Waals surface area contributed by atoms with Crippen molar-refractivity contribution in [3.8, 4) is 0 Å². The molecule has 0 amide bonds. The van der Waals surface area contributed by atoms with E-state index < -0.39 is 29.4 Å². The topological polar surface area (TPSA) is 16.1 Å².